The predicted octanol–water partition coefficient (Wildman–Crippen LogP) is 4.35. The molecular weight excluding hydrogens is 342 g/mol. The molecule has 0 spiro atoms. The molecule has 0 radical (unpaired) electrons. The van der Waals surface area contributed by atoms with Gasteiger partial charge in [-0.3, -0.25) is 4.98 Å². The summed E-state index contributed by atoms with van der Waals surface area (Å²) in [5, 5.41) is 11.0. The van der Waals surface area contributed by atoms with E-state index in [0.717, 1.165) is 5.56 Å². The average Bonchev–Trinajstić information content (AvgIpc) is 2.60. The molecule has 0 bridgehead atoms. The molecule has 0 atom stereocenters. The number of hydrogen-bond acceptors (Lipinski definition) is 5. The molecule has 0 aliphatic rings. The van der Waals surface area contributed by atoms with E-state index in [1.807, 2.05) is 6.92 Å². The highest BCUT2D eigenvalue weighted by atomic mass is 35.5. The van der Waals surface area contributed by atoms with Crippen molar-refractivity contribution < 1.29 is 14.3 Å². The number of halogens is 1. The molecule has 0 saturated heterocycles. The molecule has 3 rings (SSSR count). The van der Waals surface area contributed by atoms with Gasteiger partial charge in [0.1, 0.15) is 22.8 Å². The molecule has 0 unspecified atom stereocenters. The predicted molar refractivity (Wildman–Crippen MR) is 96.3 cm³/mol. The fourth-order valence-electron chi connectivity index (χ4n) is 2.72. The zero-order valence-corrected chi connectivity index (χ0v) is 14.7. The maximum Gasteiger partial charge on any atom is 0.348 e. The summed E-state index contributed by atoms with van der Waals surface area (Å²) in [5.41, 5.74) is 1.47. The summed E-state index contributed by atoms with van der Waals surface area (Å²) in [4.78, 5) is 16.6. The molecule has 0 aliphatic carbocycles. The van der Waals surface area contributed by atoms with Crippen LogP contribution in [0.1, 0.15) is 11.1 Å². The number of ether oxygens (including phenoxy) is 1. The number of rotatable bonds is 3. The Morgan fingerprint density at radius 3 is 2.64 bits per heavy atom. The van der Waals surface area contributed by atoms with Crippen molar-refractivity contribution in [3.05, 3.63) is 63.2 Å². The van der Waals surface area contributed by atoms with Crippen molar-refractivity contribution in [1.82, 2.24) is 4.98 Å². The Hall–Kier alpha value is -2.79. The Morgan fingerprint density at radius 2 is 2.00 bits per heavy atom. The van der Waals surface area contributed by atoms with Crippen molar-refractivity contribution in [2.45, 2.75) is 13.8 Å². The molecule has 1 aromatic carbocycles. The quantitative estimate of drug-likeness (QED) is 0.754. The van der Waals surface area contributed by atoms with Crippen LogP contribution in [-0.2, 0) is 0 Å². The molecule has 2 aromatic heterocycles. The number of methoxy groups -OCH3 is 1. The molecule has 0 saturated carbocycles. The average molecular weight is 358 g/mol. The maximum atomic E-state index is 12.6. The third-order valence-corrected chi connectivity index (χ3v) is 4.22. The van der Waals surface area contributed by atoms with E-state index in [1.165, 1.54) is 7.11 Å². The highest BCUT2D eigenvalue weighted by Crippen LogP contribution is 2.42. The van der Waals surface area contributed by atoms with E-state index < -0.39 is 5.63 Å². The van der Waals surface area contributed by atoms with Crippen LogP contribution in [0.5, 0.6) is 11.5 Å². The third-order valence-electron chi connectivity index (χ3n) is 3.92. The molecule has 2 heterocycles. The van der Waals surface area contributed by atoms with Gasteiger partial charge in [-0.25, -0.2) is 4.79 Å². The van der Waals surface area contributed by atoms with E-state index in [9.17, 15) is 9.90 Å². The van der Waals surface area contributed by atoms with Crippen molar-refractivity contribution in [2.75, 3.05) is 7.11 Å². The lowest BCUT2D eigenvalue weighted by atomic mass is 10.00. The number of aromatic hydroxyl groups is 1. The van der Waals surface area contributed by atoms with Crippen LogP contribution in [0.15, 0.2) is 45.9 Å². The van der Waals surface area contributed by atoms with Crippen LogP contribution in [0.25, 0.3) is 22.5 Å². The first-order valence-corrected chi connectivity index (χ1v) is 7.93. The summed E-state index contributed by atoms with van der Waals surface area (Å²) in [6, 6.07) is 6.91. The maximum absolute atomic E-state index is 12.6. The smallest absolute Gasteiger partial charge is 0.348 e. The van der Waals surface area contributed by atoms with Gasteiger partial charge in [0, 0.05) is 23.5 Å². The minimum atomic E-state index is -0.703. The summed E-state index contributed by atoms with van der Waals surface area (Å²) in [6.45, 7) is 3.52. The fourth-order valence-corrected chi connectivity index (χ4v) is 3.08. The minimum Gasteiger partial charge on any atom is -0.507 e. The van der Waals surface area contributed by atoms with Gasteiger partial charge in [0.2, 0.25) is 0 Å². The summed E-state index contributed by atoms with van der Waals surface area (Å²) >= 11 is 6.32. The molecule has 3 aromatic rings. The Bertz CT molecular complexity index is 997. The van der Waals surface area contributed by atoms with E-state index in [0.29, 0.717) is 27.5 Å². The number of hydrogen-bond donors (Lipinski definition) is 1. The highest BCUT2D eigenvalue weighted by Gasteiger charge is 2.24. The molecule has 25 heavy (non-hydrogen) atoms. The number of pyridine rings is 1. The van der Waals surface area contributed by atoms with Crippen molar-refractivity contribution in [2.24, 2.45) is 0 Å². The standard InChI is InChI=1S/C19H16ClNO4/c1-10-7-13(20)15(14(8-10)24-3)16-17(22)11(2)18(25-19(16)23)12-5-4-6-21-9-12/h4-9,22H,1-3H3. The number of benzene rings is 1. The van der Waals surface area contributed by atoms with Gasteiger partial charge in [-0.15, -0.1) is 0 Å². The number of nitrogens with zero attached hydrogens (tertiary/aromatic N) is 1. The Kier molecular flexibility index (Phi) is 4.51. The summed E-state index contributed by atoms with van der Waals surface area (Å²) < 4.78 is 10.8. The van der Waals surface area contributed by atoms with E-state index in [1.54, 1.807) is 43.6 Å². The van der Waals surface area contributed by atoms with Crippen LogP contribution in [0.3, 0.4) is 0 Å². The second-order valence-corrected chi connectivity index (χ2v) is 6.04. The van der Waals surface area contributed by atoms with Crippen molar-refractivity contribution in [3.63, 3.8) is 0 Å². The van der Waals surface area contributed by atoms with Crippen molar-refractivity contribution in [3.8, 4) is 33.9 Å². The molecular formula is C19H16ClNO4. The molecule has 0 aliphatic heterocycles. The molecule has 0 amide bonds. The van der Waals surface area contributed by atoms with Gasteiger partial charge in [0.25, 0.3) is 0 Å². The Balaban J connectivity index is 2.31. The zero-order valence-electron chi connectivity index (χ0n) is 14.0. The van der Waals surface area contributed by atoms with Gasteiger partial charge >= 0.3 is 5.63 Å². The van der Waals surface area contributed by atoms with Crippen molar-refractivity contribution in [1.29, 1.82) is 0 Å². The topological polar surface area (TPSA) is 72.6 Å². The van der Waals surface area contributed by atoms with E-state index >= 15 is 0 Å². The second-order valence-electron chi connectivity index (χ2n) is 5.63. The lowest BCUT2D eigenvalue weighted by molar-refractivity contribution is 0.414. The summed E-state index contributed by atoms with van der Waals surface area (Å²) in [6.07, 6.45) is 3.17. The number of aryl methyl sites for hydroxylation is 1. The first-order valence-electron chi connectivity index (χ1n) is 7.55. The van der Waals surface area contributed by atoms with Crippen LogP contribution in [-0.4, -0.2) is 17.2 Å². The van der Waals surface area contributed by atoms with Gasteiger partial charge in [-0.05, 0) is 43.7 Å². The lowest BCUT2D eigenvalue weighted by Crippen LogP contribution is -2.07. The largest absolute Gasteiger partial charge is 0.507 e. The minimum absolute atomic E-state index is 0.0213. The molecule has 128 valence electrons. The monoisotopic (exact) mass is 357 g/mol. The normalized spacial score (nSPS) is 10.7. The lowest BCUT2D eigenvalue weighted by Gasteiger charge is -2.14. The van der Waals surface area contributed by atoms with Crippen LogP contribution < -0.4 is 10.4 Å². The van der Waals surface area contributed by atoms with E-state index in [4.69, 9.17) is 20.8 Å². The van der Waals surface area contributed by atoms with Gasteiger partial charge in [-0.2, -0.15) is 0 Å². The van der Waals surface area contributed by atoms with Crippen LogP contribution >= 0.6 is 11.6 Å². The van der Waals surface area contributed by atoms with E-state index in [-0.39, 0.29) is 17.1 Å². The van der Waals surface area contributed by atoms with Gasteiger partial charge in [-0.1, -0.05) is 11.6 Å². The van der Waals surface area contributed by atoms with Crippen molar-refractivity contribution >= 4 is 11.6 Å². The van der Waals surface area contributed by atoms with Gasteiger partial charge in [0.15, 0.2) is 0 Å². The number of aromatic nitrogens is 1. The van der Waals surface area contributed by atoms with Gasteiger partial charge < -0.3 is 14.3 Å². The first kappa shape index (κ1) is 17.0. The third kappa shape index (κ3) is 2.98. The zero-order chi connectivity index (χ0) is 18.1. The van der Waals surface area contributed by atoms with Crippen LogP contribution in [0.4, 0.5) is 0 Å². The van der Waals surface area contributed by atoms with Crippen LogP contribution in [0.2, 0.25) is 5.02 Å². The first-order chi connectivity index (χ1) is 11.9. The Labute approximate surface area is 149 Å². The second kappa shape index (κ2) is 6.61. The summed E-state index contributed by atoms with van der Waals surface area (Å²) in [5.74, 6) is 0.460. The Morgan fingerprint density at radius 1 is 1.24 bits per heavy atom. The van der Waals surface area contributed by atoms with E-state index in [2.05, 4.69) is 4.98 Å². The molecule has 0 fully saturated rings. The molecule has 1 N–H and O–H groups in total. The highest BCUT2D eigenvalue weighted by molar-refractivity contribution is 6.34. The fraction of sp³-hybridized carbons (Fsp3) is 0.158. The van der Waals surface area contributed by atoms with Gasteiger partial charge in [0.05, 0.1) is 17.7 Å². The van der Waals surface area contributed by atoms with Crippen LogP contribution in [0, 0.1) is 13.8 Å². The SMILES string of the molecule is COc1cc(C)cc(Cl)c1-c1c(O)c(C)c(-c2cccnc2)oc1=O. The molecule has 5 nitrogen and oxygen atoms in total. The molecule has 6 heteroatoms. The summed E-state index contributed by atoms with van der Waals surface area (Å²) in [7, 11) is 1.48.